The summed E-state index contributed by atoms with van der Waals surface area (Å²) in [5.41, 5.74) is -1.08. The first kappa shape index (κ1) is 23.1. The molecule has 12 heteroatoms. The molecule has 30 heavy (non-hydrogen) atoms. The van der Waals surface area contributed by atoms with Crippen LogP contribution in [-0.4, -0.2) is 34.0 Å². The van der Waals surface area contributed by atoms with Crippen LogP contribution in [0.3, 0.4) is 0 Å². The lowest BCUT2D eigenvalue weighted by molar-refractivity contribution is -0.137. The maximum absolute atomic E-state index is 13.5. The lowest BCUT2D eigenvalue weighted by atomic mass is 10.2. The molecule has 0 bridgehead atoms. The van der Waals surface area contributed by atoms with E-state index in [-0.39, 0.29) is 24.3 Å². The molecule has 2 rings (SSSR count). The fourth-order valence-corrected chi connectivity index (χ4v) is 3.36. The van der Waals surface area contributed by atoms with Crippen LogP contribution in [0, 0.1) is 17.1 Å². The van der Waals surface area contributed by atoms with Crippen LogP contribution in [0.2, 0.25) is 0 Å². The van der Waals surface area contributed by atoms with Gasteiger partial charge in [0.1, 0.15) is 17.4 Å². The molecule has 1 amide bonds. The number of rotatable bonds is 8. The van der Waals surface area contributed by atoms with Gasteiger partial charge in [0.05, 0.1) is 22.7 Å². The van der Waals surface area contributed by atoms with E-state index in [0.717, 1.165) is 24.3 Å². The van der Waals surface area contributed by atoms with Crippen molar-refractivity contribution in [2.24, 2.45) is 0 Å². The van der Waals surface area contributed by atoms with Crippen molar-refractivity contribution in [2.45, 2.75) is 11.1 Å². The molecule has 0 aliphatic heterocycles. The topological polar surface area (TPSA) is 111 Å². The lowest BCUT2D eigenvalue weighted by Crippen LogP contribution is -2.38. The highest BCUT2D eigenvalue weighted by Crippen LogP contribution is 2.30. The Bertz CT molecular complexity index is 1070. The number of carbonyl (C=O) groups excluding carboxylic acids is 1. The smallest absolute Gasteiger partial charge is 0.382 e. The molecule has 2 aromatic rings. The highest BCUT2D eigenvalue weighted by molar-refractivity contribution is 7.89. The maximum atomic E-state index is 13.5. The molecule has 160 valence electrons. The van der Waals surface area contributed by atoms with Crippen molar-refractivity contribution in [3.05, 3.63) is 59.4 Å². The molecule has 0 fully saturated rings. The summed E-state index contributed by atoms with van der Waals surface area (Å²) in [4.78, 5) is 11.2. The number of anilines is 1. The van der Waals surface area contributed by atoms with Crippen LogP contribution in [0.4, 0.5) is 23.2 Å². The first-order valence-corrected chi connectivity index (χ1v) is 9.89. The molecular weight excluding hydrogens is 428 g/mol. The Kier molecular flexibility index (Phi) is 7.36. The van der Waals surface area contributed by atoms with Crippen LogP contribution >= 0.6 is 0 Å². The van der Waals surface area contributed by atoms with E-state index >= 15 is 0 Å². The first-order valence-electron chi connectivity index (χ1n) is 8.40. The van der Waals surface area contributed by atoms with Crippen LogP contribution in [0.5, 0.6) is 0 Å². The summed E-state index contributed by atoms with van der Waals surface area (Å²) in [6, 6.07) is 8.84. The minimum Gasteiger partial charge on any atom is -0.382 e. The Morgan fingerprint density at radius 2 is 1.80 bits per heavy atom. The molecule has 7 nitrogen and oxygen atoms in total. The average Bonchev–Trinajstić information content (AvgIpc) is 2.69. The van der Waals surface area contributed by atoms with E-state index in [1.165, 1.54) is 12.1 Å². The van der Waals surface area contributed by atoms with Crippen molar-refractivity contribution in [3.8, 4) is 6.07 Å². The second-order valence-corrected chi connectivity index (χ2v) is 7.67. The molecule has 0 saturated carbocycles. The van der Waals surface area contributed by atoms with Gasteiger partial charge in [-0.05, 0) is 30.3 Å². The van der Waals surface area contributed by atoms with Gasteiger partial charge in [0.25, 0.3) is 0 Å². The number of sulfonamides is 1. The number of carbonyl (C=O) groups is 1. The number of amides is 1. The van der Waals surface area contributed by atoms with Gasteiger partial charge < -0.3 is 10.6 Å². The van der Waals surface area contributed by atoms with Gasteiger partial charge in [0.2, 0.25) is 15.9 Å². The average molecular weight is 444 g/mol. The zero-order valence-corrected chi connectivity index (χ0v) is 16.1. The van der Waals surface area contributed by atoms with Crippen molar-refractivity contribution >= 4 is 21.6 Å². The van der Waals surface area contributed by atoms with E-state index in [4.69, 9.17) is 5.26 Å². The lowest BCUT2D eigenvalue weighted by Gasteiger charge is -2.11. The Balaban J connectivity index is 1.85. The molecule has 3 N–H and O–H groups in total. The van der Waals surface area contributed by atoms with Crippen LogP contribution in [0.15, 0.2) is 47.4 Å². The number of nitrogens with one attached hydrogen (secondary N) is 3. The second kappa shape index (κ2) is 9.55. The molecule has 0 spiro atoms. The second-order valence-electron chi connectivity index (χ2n) is 5.90. The SMILES string of the molecule is N#Cc1c(F)cccc1NCCNC(=O)CNS(=O)(=O)c1cccc(C(F)(F)F)c1. The van der Waals surface area contributed by atoms with Crippen LogP contribution < -0.4 is 15.4 Å². The molecule has 0 saturated heterocycles. The Morgan fingerprint density at radius 3 is 2.47 bits per heavy atom. The van der Waals surface area contributed by atoms with E-state index in [2.05, 4.69) is 10.6 Å². The highest BCUT2D eigenvalue weighted by atomic mass is 32.2. The summed E-state index contributed by atoms with van der Waals surface area (Å²) in [6.45, 7) is -0.558. The van der Waals surface area contributed by atoms with Crippen LogP contribution in [0.25, 0.3) is 0 Å². The predicted octanol–water partition coefficient (Wildman–Crippen LogP) is 2.22. The predicted molar refractivity (Wildman–Crippen MR) is 99.2 cm³/mol. The van der Waals surface area contributed by atoms with Crippen molar-refractivity contribution in [1.29, 1.82) is 5.26 Å². The van der Waals surface area contributed by atoms with Gasteiger partial charge in [-0.3, -0.25) is 4.79 Å². The quantitative estimate of drug-likeness (QED) is 0.427. The minimum absolute atomic E-state index is 0.0193. The normalized spacial score (nSPS) is 11.6. The van der Waals surface area contributed by atoms with Crippen molar-refractivity contribution in [1.82, 2.24) is 10.0 Å². The third-order valence-electron chi connectivity index (χ3n) is 3.78. The summed E-state index contributed by atoms with van der Waals surface area (Å²) in [6.07, 6.45) is -4.71. The summed E-state index contributed by atoms with van der Waals surface area (Å²) in [5, 5.41) is 14.1. The molecule has 0 aliphatic carbocycles. The number of halogens is 4. The van der Waals surface area contributed by atoms with Gasteiger partial charge in [-0.1, -0.05) is 12.1 Å². The van der Waals surface area contributed by atoms with Gasteiger partial charge in [0.15, 0.2) is 0 Å². The summed E-state index contributed by atoms with van der Waals surface area (Å²) < 4.78 is 77.7. The Hall–Kier alpha value is -3.17. The van der Waals surface area contributed by atoms with Gasteiger partial charge in [0, 0.05) is 13.1 Å². The molecule has 0 aromatic heterocycles. The molecule has 0 heterocycles. The van der Waals surface area contributed by atoms with Gasteiger partial charge in [-0.15, -0.1) is 0 Å². The van der Waals surface area contributed by atoms with Gasteiger partial charge in [-0.25, -0.2) is 17.5 Å². The fourth-order valence-electron chi connectivity index (χ4n) is 2.33. The minimum atomic E-state index is -4.71. The molecule has 2 aromatic carbocycles. The van der Waals surface area contributed by atoms with Crippen molar-refractivity contribution in [2.75, 3.05) is 25.0 Å². The molecular formula is C18H16F4N4O3S. The monoisotopic (exact) mass is 444 g/mol. The summed E-state index contributed by atoms with van der Waals surface area (Å²) >= 11 is 0. The maximum Gasteiger partial charge on any atom is 0.416 e. The first-order chi connectivity index (χ1) is 14.0. The van der Waals surface area contributed by atoms with Crippen molar-refractivity contribution < 1.29 is 30.8 Å². The third-order valence-corrected chi connectivity index (χ3v) is 5.18. The number of nitrogens with zero attached hydrogens (tertiary/aromatic N) is 1. The number of nitriles is 1. The van der Waals surface area contributed by atoms with E-state index in [1.807, 2.05) is 4.72 Å². The van der Waals surface area contributed by atoms with Gasteiger partial charge in [-0.2, -0.15) is 18.4 Å². The molecule has 0 radical (unpaired) electrons. The standard InChI is InChI=1S/C18H16F4N4O3S/c19-15-5-2-6-16(14(15)10-23)24-7-8-25-17(27)11-26-30(28,29)13-4-1-3-12(9-13)18(20,21)22/h1-6,9,24,26H,7-8,11H2,(H,25,27). The number of hydrogen-bond acceptors (Lipinski definition) is 5. The number of alkyl halides is 3. The fraction of sp³-hybridized carbons (Fsp3) is 0.222. The zero-order valence-electron chi connectivity index (χ0n) is 15.3. The number of benzene rings is 2. The summed E-state index contributed by atoms with van der Waals surface area (Å²) in [5.74, 6) is -1.43. The Morgan fingerprint density at radius 1 is 1.10 bits per heavy atom. The molecule has 0 unspecified atom stereocenters. The third kappa shape index (κ3) is 6.16. The largest absolute Gasteiger partial charge is 0.416 e. The highest BCUT2D eigenvalue weighted by Gasteiger charge is 2.31. The Labute approximate surface area is 169 Å². The van der Waals surface area contributed by atoms with E-state index < -0.39 is 44.9 Å². The molecule has 0 aliphatic rings. The van der Waals surface area contributed by atoms with Crippen molar-refractivity contribution in [3.63, 3.8) is 0 Å². The van der Waals surface area contributed by atoms with Crippen LogP contribution in [-0.2, 0) is 21.0 Å². The zero-order chi connectivity index (χ0) is 22.4. The van der Waals surface area contributed by atoms with E-state index in [9.17, 15) is 30.8 Å². The van der Waals surface area contributed by atoms with Crippen LogP contribution in [0.1, 0.15) is 11.1 Å². The van der Waals surface area contributed by atoms with E-state index in [1.54, 1.807) is 6.07 Å². The van der Waals surface area contributed by atoms with E-state index in [0.29, 0.717) is 6.07 Å². The van der Waals surface area contributed by atoms with Gasteiger partial charge >= 0.3 is 6.18 Å². The molecule has 0 atom stereocenters. The number of hydrogen-bond donors (Lipinski definition) is 3. The summed E-state index contributed by atoms with van der Waals surface area (Å²) in [7, 11) is -4.33.